The zero-order chi connectivity index (χ0) is 13.5. The van der Waals surface area contributed by atoms with Crippen molar-refractivity contribution >= 4 is 5.69 Å². The molecule has 0 atom stereocenters. The number of ether oxygens (including phenoxy) is 2. The third-order valence-corrected chi connectivity index (χ3v) is 3.12. The molecule has 0 saturated carbocycles. The molecule has 0 bridgehead atoms. The van der Waals surface area contributed by atoms with Gasteiger partial charge in [0.1, 0.15) is 11.5 Å². The molecule has 0 spiro atoms. The Morgan fingerprint density at radius 3 is 2.44 bits per heavy atom. The molecule has 1 aromatic rings. The van der Waals surface area contributed by atoms with Crippen LogP contribution in [-0.2, 0) is 0 Å². The van der Waals surface area contributed by atoms with E-state index in [2.05, 4.69) is 11.9 Å². The average Bonchev–Trinajstić information content (AvgIpc) is 2.38. The molecule has 1 rings (SSSR count). The smallest absolute Gasteiger partial charge is 0.148 e. The third-order valence-electron chi connectivity index (χ3n) is 3.12. The van der Waals surface area contributed by atoms with Crippen LogP contribution in [0, 0.1) is 6.92 Å². The second-order valence-electron chi connectivity index (χ2n) is 4.36. The standard InChI is InChI=1S/C14H24N2O2/c1-11-13(17-3)8-7-12(14(11)18-4)16(2)10-6-5-9-15/h7-8H,5-6,9-10,15H2,1-4H3. The van der Waals surface area contributed by atoms with Gasteiger partial charge in [-0.1, -0.05) is 0 Å². The number of hydrogen-bond donors (Lipinski definition) is 1. The molecule has 4 nitrogen and oxygen atoms in total. The Bertz CT molecular complexity index is 380. The Hall–Kier alpha value is -1.42. The molecule has 4 heteroatoms. The molecule has 0 aliphatic heterocycles. The highest BCUT2D eigenvalue weighted by Crippen LogP contribution is 2.36. The number of unbranched alkanes of at least 4 members (excludes halogenated alkanes) is 1. The van der Waals surface area contributed by atoms with Gasteiger partial charge in [-0.2, -0.15) is 0 Å². The molecule has 0 fully saturated rings. The van der Waals surface area contributed by atoms with Crippen molar-refractivity contribution in [2.75, 3.05) is 39.3 Å². The molecule has 0 radical (unpaired) electrons. The fourth-order valence-electron chi connectivity index (χ4n) is 2.05. The minimum atomic E-state index is 0.743. The Labute approximate surface area is 110 Å². The minimum Gasteiger partial charge on any atom is -0.496 e. The van der Waals surface area contributed by atoms with Gasteiger partial charge in [-0.3, -0.25) is 0 Å². The highest BCUT2D eigenvalue weighted by Gasteiger charge is 2.13. The number of nitrogens with zero attached hydrogens (tertiary/aromatic N) is 1. The van der Waals surface area contributed by atoms with Crippen LogP contribution in [-0.4, -0.2) is 34.4 Å². The van der Waals surface area contributed by atoms with E-state index in [1.54, 1.807) is 14.2 Å². The minimum absolute atomic E-state index is 0.743. The van der Waals surface area contributed by atoms with E-state index in [1.807, 2.05) is 19.1 Å². The SMILES string of the molecule is COc1ccc(N(C)CCCCN)c(OC)c1C. The summed E-state index contributed by atoms with van der Waals surface area (Å²) in [5.74, 6) is 1.73. The van der Waals surface area contributed by atoms with Crippen molar-refractivity contribution < 1.29 is 9.47 Å². The van der Waals surface area contributed by atoms with E-state index in [0.29, 0.717) is 0 Å². The topological polar surface area (TPSA) is 47.7 Å². The average molecular weight is 252 g/mol. The number of nitrogens with two attached hydrogens (primary N) is 1. The molecule has 1 aromatic carbocycles. The number of methoxy groups -OCH3 is 2. The largest absolute Gasteiger partial charge is 0.496 e. The van der Waals surface area contributed by atoms with Gasteiger partial charge in [0.25, 0.3) is 0 Å². The Kier molecular flexibility index (Phi) is 5.78. The van der Waals surface area contributed by atoms with Crippen molar-refractivity contribution in [1.82, 2.24) is 0 Å². The van der Waals surface area contributed by atoms with E-state index in [9.17, 15) is 0 Å². The summed E-state index contributed by atoms with van der Waals surface area (Å²) in [6, 6.07) is 4.01. The zero-order valence-corrected chi connectivity index (χ0v) is 11.8. The third kappa shape index (κ3) is 3.29. The molecule has 0 amide bonds. The molecule has 0 heterocycles. The summed E-state index contributed by atoms with van der Waals surface area (Å²) in [6.45, 7) is 3.72. The summed E-state index contributed by atoms with van der Waals surface area (Å²) < 4.78 is 10.8. The lowest BCUT2D eigenvalue weighted by molar-refractivity contribution is 0.389. The molecule has 0 saturated heterocycles. The Morgan fingerprint density at radius 1 is 1.17 bits per heavy atom. The monoisotopic (exact) mass is 252 g/mol. The van der Waals surface area contributed by atoms with Crippen LogP contribution in [0.2, 0.25) is 0 Å². The van der Waals surface area contributed by atoms with Crippen LogP contribution in [0.5, 0.6) is 11.5 Å². The van der Waals surface area contributed by atoms with Crippen LogP contribution in [0.3, 0.4) is 0 Å². The van der Waals surface area contributed by atoms with Gasteiger partial charge in [-0.05, 0) is 38.4 Å². The zero-order valence-electron chi connectivity index (χ0n) is 11.8. The lowest BCUT2D eigenvalue weighted by atomic mass is 10.1. The Balaban J connectivity index is 2.90. The van der Waals surface area contributed by atoms with E-state index in [-0.39, 0.29) is 0 Å². The number of hydrogen-bond acceptors (Lipinski definition) is 4. The lowest BCUT2D eigenvalue weighted by Crippen LogP contribution is -2.20. The van der Waals surface area contributed by atoms with Gasteiger partial charge < -0.3 is 20.1 Å². The van der Waals surface area contributed by atoms with E-state index in [1.165, 1.54) is 0 Å². The maximum absolute atomic E-state index is 5.51. The summed E-state index contributed by atoms with van der Waals surface area (Å²) in [7, 11) is 5.44. The fraction of sp³-hybridized carbons (Fsp3) is 0.571. The van der Waals surface area contributed by atoms with Crippen molar-refractivity contribution in [2.24, 2.45) is 5.73 Å². The van der Waals surface area contributed by atoms with Gasteiger partial charge >= 0.3 is 0 Å². The van der Waals surface area contributed by atoms with Crippen molar-refractivity contribution in [3.63, 3.8) is 0 Å². The molecule has 18 heavy (non-hydrogen) atoms. The highest BCUT2D eigenvalue weighted by molar-refractivity contribution is 5.65. The molecular weight excluding hydrogens is 228 g/mol. The molecule has 0 aromatic heterocycles. The molecule has 0 aliphatic rings. The highest BCUT2D eigenvalue weighted by atomic mass is 16.5. The quantitative estimate of drug-likeness (QED) is 0.756. The second-order valence-corrected chi connectivity index (χ2v) is 4.36. The summed E-state index contributed by atoms with van der Waals surface area (Å²) >= 11 is 0. The fourth-order valence-corrected chi connectivity index (χ4v) is 2.05. The van der Waals surface area contributed by atoms with Crippen LogP contribution < -0.4 is 20.1 Å². The van der Waals surface area contributed by atoms with E-state index in [4.69, 9.17) is 15.2 Å². The van der Waals surface area contributed by atoms with Crippen molar-refractivity contribution in [1.29, 1.82) is 0 Å². The van der Waals surface area contributed by atoms with Crippen LogP contribution in [0.1, 0.15) is 18.4 Å². The van der Waals surface area contributed by atoms with Gasteiger partial charge in [0, 0.05) is 19.2 Å². The van der Waals surface area contributed by atoms with Gasteiger partial charge in [-0.25, -0.2) is 0 Å². The van der Waals surface area contributed by atoms with Crippen LogP contribution in [0.4, 0.5) is 5.69 Å². The summed E-state index contributed by atoms with van der Waals surface area (Å²) in [5.41, 5.74) is 7.63. The maximum atomic E-state index is 5.51. The molecule has 2 N–H and O–H groups in total. The lowest BCUT2D eigenvalue weighted by Gasteiger charge is -2.23. The molecule has 0 aliphatic carbocycles. The molecule has 102 valence electrons. The van der Waals surface area contributed by atoms with Gasteiger partial charge in [-0.15, -0.1) is 0 Å². The predicted molar refractivity (Wildman–Crippen MR) is 75.8 cm³/mol. The summed E-state index contributed by atoms with van der Waals surface area (Å²) in [5, 5.41) is 0. The first-order valence-corrected chi connectivity index (χ1v) is 6.28. The number of benzene rings is 1. The number of rotatable bonds is 7. The van der Waals surface area contributed by atoms with E-state index >= 15 is 0 Å². The molecular formula is C14H24N2O2. The van der Waals surface area contributed by atoms with E-state index < -0.39 is 0 Å². The van der Waals surface area contributed by atoms with Gasteiger partial charge in [0.2, 0.25) is 0 Å². The summed E-state index contributed by atoms with van der Waals surface area (Å²) in [4.78, 5) is 2.20. The van der Waals surface area contributed by atoms with Crippen molar-refractivity contribution in [3.8, 4) is 11.5 Å². The first-order chi connectivity index (χ1) is 8.65. The van der Waals surface area contributed by atoms with Crippen LogP contribution in [0.25, 0.3) is 0 Å². The van der Waals surface area contributed by atoms with Crippen LogP contribution in [0.15, 0.2) is 12.1 Å². The Morgan fingerprint density at radius 2 is 1.89 bits per heavy atom. The van der Waals surface area contributed by atoms with Crippen molar-refractivity contribution in [3.05, 3.63) is 17.7 Å². The van der Waals surface area contributed by atoms with Crippen LogP contribution >= 0.6 is 0 Å². The second kappa shape index (κ2) is 7.11. The summed E-state index contributed by atoms with van der Waals surface area (Å²) in [6.07, 6.45) is 2.13. The van der Waals surface area contributed by atoms with E-state index in [0.717, 1.165) is 48.7 Å². The maximum Gasteiger partial charge on any atom is 0.148 e. The predicted octanol–water partition coefficient (Wildman–Crippen LogP) is 2.19. The molecule has 0 unspecified atom stereocenters. The first kappa shape index (κ1) is 14.6. The number of anilines is 1. The van der Waals surface area contributed by atoms with Crippen molar-refractivity contribution in [2.45, 2.75) is 19.8 Å². The first-order valence-electron chi connectivity index (χ1n) is 6.28. The van der Waals surface area contributed by atoms with Gasteiger partial charge in [0.05, 0.1) is 19.9 Å². The van der Waals surface area contributed by atoms with Gasteiger partial charge in [0.15, 0.2) is 0 Å². The normalized spacial score (nSPS) is 10.3.